The van der Waals surface area contributed by atoms with Crippen LogP contribution in [0.15, 0.2) is 10.8 Å². The summed E-state index contributed by atoms with van der Waals surface area (Å²) >= 11 is 3.35. The number of rotatable bonds is 3. The van der Waals surface area contributed by atoms with Gasteiger partial charge in [-0.25, -0.2) is 4.79 Å². The molecule has 8 heteroatoms. The quantitative estimate of drug-likeness (QED) is 0.897. The molecule has 0 aromatic carbocycles. The number of hydrogen-bond acceptors (Lipinski definition) is 4. The topological polar surface area (TPSA) is 76.8 Å². The van der Waals surface area contributed by atoms with Crippen molar-refractivity contribution in [3.05, 3.63) is 10.8 Å². The van der Waals surface area contributed by atoms with Crippen molar-refractivity contribution in [1.29, 1.82) is 0 Å². The molecule has 1 aliphatic rings. The van der Waals surface area contributed by atoms with Crippen LogP contribution >= 0.6 is 15.9 Å². The van der Waals surface area contributed by atoms with Crippen LogP contribution < -0.4 is 4.74 Å². The Hall–Kier alpha value is -1.28. The predicted molar refractivity (Wildman–Crippen MR) is 65.7 cm³/mol. The fraction of sp³-hybridized carbons (Fsp3) is 0.600. The number of amides is 1. The Morgan fingerprint density at radius 2 is 2.22 bits per heavy atom. The summed E-state index contributed by atoms with van der Waals surface area (Å²) in [5.74, 6) is 0.580. The fourth-order valence-electron chi connectivity index (χ4n) is 1.88. The van der Waals surface area contributed by atoms with Crippen molar-refractivity contribution in [3.63, 3.8) is 0 Å². The Balaban J connectivity index is 2.08. The minimum atomic E-state index is -0.964. The highest BCUT2D eigenvalue weighted by Crippen LogP contribution is 2.27. The zero-order valence-electron chi connectivity index (χ0n) is 10.0. The molecule has 2 rings (SSSR count). The van der Waals surface area contributed by atoms with E-state index in [0.717, 1.165) is 0 Å². The lowest BCUT2D eigenvalue weighted by Crippen LogP contribution is -2.31. The first-order chi connectivity index (χ1) is 8.52. The smallest absolute Gasteiger partial charge is 0.407 e. The first kappa shape index (κ1) is 13.2. The highest BCUT2D eigenvalue weighted by atomic mass is 79.9. The number of hydrogen-bond donors (Lipinski definition) is 1. The lowest BCUT2D eigenvalue weighted by Gasteiger charge is -2.17. The van der Waals surface area contributed by atoms with Crippen LogP contribution in [0, 0.1) is 0 Å². The van der Waals surface area contributed by atoms with E-state index in [2.05, 4.69) is 21.0 Å². The van der Waals surface area contributed by atoms with Gasteiger partial charge in [-0.1, -0.05) is 0 Å². The van der Waals surface area contributed by atoms with E-state index in [-0.39, 0.29) is 18.8 Å². The molecule has 18 heavy (non-hydrogen) atoms. The molecule has 0 unspecified atom stereocenters. The number of ether oxygens (including phenoxy) is 2. The summed E-state index contributed by atoms with van der Waals surface area (Å²) in [6.07, 6.45) is 0.0217. The molecule has 0 spiro atoms. The molecule has 0 bridgehead atoms. The van der Waals surface area contributed by atoms with Crippen molar-refractivity contribution >= 4 is 22.0 Å². The van der Waals surface area contributed by atoms with Crippen LogP contribution in [0.5, 0.6) is 5.75 Å². The average molecular weight is 320 g/mol. The van der Waals surface area contributed by atoms with Crippen molar-refractivity contribution in [3.8, 4) is 5.75 Å². The highest BCUT2D eigenvalue weighted by molar-refractivity contribution is 9.10. The van der Waals surface area contributed by atoms with E-state index < -0.39 is 6.09 Å². The molecule has 1 N–H and O–H groups in total. The average Bonchev–Trinajstić information content (AvgIpc) is 2.88. The molecule has 2 heterocycles. The highest BCUT2D eigenvalue weighted by Gasteiger charge is 2.37. The van der Waals surface area contributed by atoms with E-state index in [9.17, 15) is 4.79 Å². The van der Waals surface area contributed by atoms with E-state index in [1.54, 1.807) is 25.0 Å². The van der Waals surface area contributed by atoms with Gasteiger partial charge in [-0.05, 0) is 15.9 Å². The molecule has 1 fully saturated rings. The van der Waals surface area contributed by atoms with Gasteiger partial charge in [0, 0.05) is 14.2 Å². The zero-order valence-corrected chi connectivity index (χ0v) is 11.6. The normalized spacial score (nSPS) is 23.4. The van der Waals surface area contributed by atoms with Gasteiger partial charge in [0.15, 0.2) is 5.75 Å². The Morgan fingerprint density at radius 3 is 2.72 bits per heavy atom. The van der Waals surface area contributed by atoms with Gasteiger partial charge in [0.2, 0.25) is 0 Å². The van der Waals surface area contributed by atoms with Gasteiger partial charge in [0.05, 0.1) is 19.3 Å². The number of carboxylic acid groups (broad SMARTS) is 1. The third-order valence-corrected chi connectivity index (χ3v) is 3.81. The molecule has 1 amide bonds. The zero-order chi connectivity index (χ0) is 13.3. The molecule has 0 radical (unpaired) electrons. The largest absolute Gasteiger partial charge is 0.481 e. The van der Waals surface area contributed by atoms with Crippen LogP contribution in [0.3, 0.4) is 0 Å². The van der Waals surface area contributed by atoms with E-state index in [4.69, 9.17) is 14.6 Å². The lowest BCUT2D eigenvalue weighted by molar-refractivity contribution is 0.0337. The van der Waals surface area contributed by atoms with Gasteiger partial charge >= 0.3 is 6.09 Å². The number of likely N-dealkylation sites (tertiary alicyclic amines) is 1. The molecule has 1 aromatic heterocycles. The molecular weight excluding hydrogens is 306 g/mol. The minimum Gasteiger partial charge on any atom is -0.481 e. The van der Waals surface area contributed by atoms with Gasteiger partial charge in [-0.3, -0.25) is 4.68 Å². The van der Waals surface area contributed by atoms with Gasteiger partial charge in [0.1, 0.15) is 16.8 Å². The standard InChI is InChI=1S/C10H14BrN3O4/c1-13-9(11)6(3-12-13)18-8-5-14(10(15)16)4-7(8)17-2/h3,7-8H,4-5H2,1-2H3,(H,15,16)/t7-,8+/m1/s1. The van der Waals surface area contributed by atoms with Crippen LogP contribution in [0.25, 0.3) is 0 Å². The van der Waals surface area contributed by atoms with Crippen LogP contribution in [0.1, 0.15) is 0 Å². The third kappa shape index (κ3) is 2.44. The van der Waals surface area contributed by atoms with Gasteiger partial charge in [-0.2, -0.15) is 5.10 Å². The summed E-state index contributed by atoms with van der Waals surface area (Å²) in [4.78, 5) is 12.2. The lowest BCUT2D eigenvalue weighted by atomic mass is 10.2. The molecule has 1 aromatic rings. The van der Waals surface area contributed by atoms with Crippen LogP contribution in [0.4, 0.5) is 4.79 Å². The molecule has 1 aliphatic heterocycles. The maximum Gasteiger partial charge on any atom is 0.407 e. The second-order valence-corrected chi connectivity index (χ2v) is 4.79. The Morgan fingerprint density at radius 1 is 1.56 bits per heavy atom. The Kier molecular flexibility index (Phi) is 3.76. The number of carbonyl (C=O) groups is 1. The monoisotopic (exact) mass is 319 g/mol. The maximum atomic E-state index is 10.9. The SMILES string of the molecule is CO[C@@H]1CN(C(=O)O)C[C@@H]1Oc1cnn(C)c1Br. The Bertz CT molecular complexity index is 450. The summed E-state index contributed by atoms with van der Waals surface area (Å²) < 4.78 is 13.3. The number of methoxy groups -OCH3 is 1. The van der Waals surface area contributed by atoms with Gasteiger partial charge in [0.25, 0.3) is 0 Å². The van der Waals surface area contributed by atoms with Crippen molar-refractivity contribution in [1.82, 2.24) is 14.7 Å². The third-order valence-electron chi connectivity index (χ3n) is 2.90. The number of nitrogens with zero attached hydrogens (tertiary/aromatic N) is 3. The molecule has 0 saturated carbocycles. The van der Waals surface area contributed by atoms with Crippen molar-refractivity contribution in [2.75, 3.05) is 20.2 Å². The molecular formula is C10H14BrN3O4. The van der Waals surface area contributed by atoms with Crippen LogP contribution in [-0.2, 0) is 11.8 Å². The van der Waals surface area contributed by atoms with E-state index in [1.165, 1.54) is 4.90 Å². The predicted octanol–water partition coefficient (Wildman–Crippen LogP) is 0.939. The van der Waals surface area contributed by atoms with E-state index >= 15 is 0 Å². The van der Waals surface area contributed by atoms with Crippen molar-refractivity contribution in [2.24, 2.45) is 7.05 Å². The first-order valence-corrected chi connectivity index (χ1v) is 6.17. The Labute approximate surface area is 112 Å². The molecule has 0 aliphatic carbocycles. The molecule has 2 atom stereocenters. The molecule has 100 valence electrons. The fourth-order valence-corrected chi connectivity index (χ4v) is 2.17. The number of aromatic nitrogens is 2. The summed E-state index contributed by atoms with van der Waals surface area (Å²) in [5.41, 5.74) is 0. The van der Waals surface area contributed by atoms with Crippen molar-refractivity contribution < 1.29 is 19.4 Å². The van der Waals surface area contributed by atoms with Crippen LogP contribution in [0.2, 0.25) is 0 Å². The molecule has 1 saturated heterocycles. The second kappa shape index (κ2) is 5.15. The summed E-state index contributed by atoms with van der Waals surface area (Å²) in [6.45, 7) is 0.601. The van der Waals surface area contributed by atoms with Gasteiger partial charge < -0.3 is 19.5 Å². The minimum absolute atomic E-state index is 0.270. The van der Waals surface area contributed by atoms with E-state index in [1.807, 2.05) is 0 Å². The van der Waals surface area contributed by atoms with E-state index in [0.29, 0.717) is 16.9 Å². The second-order valence-electron chi connectivity index (χ2n) is 4.04. The number of halogens is 1. The first-order valence-electron chi connectivity index (χ1n) is 5.37. The molecule has 7 nitrogen and oxygen atoms in total. The van der Waals surface area contributed by atoms with Crippen LogP contribution in [-0.4, -0.2) is 58.3 Å². The summed E-state index contributed by atoms with van der Waals surface area (Å²) in [5, 5.41) is 13.0. The van der Waals surface area contributed by atoms with Crippen molar-refractivity contribution in [2.45, 2.75) is 12.2 Å². The maximum absolute atomic E-state index is 10.9. The summed E-state index contributed by atoms with van der Waals surface area (Å²) in [7, 11) is 3.33. The van der Waals surface area contributed by atoms with Gasteiger partial charge in [-0.15, -0.1) is 0 Å². The summed E-state index contributed by atoms with van der Waals surface area (Å²) in [6, 6.07) is 0. The number of aryl methyl sites for hydroxylation is 1.